The first kappa shape index (κ1) is 13.7. The Morgan fingerprint density at radius 1 is 1.19 bits per heavy atom. The summed E-state index contributed by atoms with van der Waals surface area (Å²) in [6.45, 7) is 2.25. The van der Waals surface area contributed by atoms with Crippen molar-refractivity contribution < 1.29 is 8.78 Å². The summed E-state index contributed by atoms with van der Waals surface area (Å²) in [6.07, 6.45) is 3.57. The van der Waals surface area contributed by atoms with Gasteiger partial charge in [0.15, 0.2) is 0 Å². The van der Waals surface area contributed by atoms with E-state index < -0.39 is 17.7 Å². The number of nitrogens with zero attached hydrogens (tertiary/aromatic N) is 1. The Bertz CT molecular complexity index is 747. The van der Waals surface area contributed by atoms with Crippen LogP contribution in [0, 0.1) is 11.6 Å². The van der Waals surface area contributed by atoms with Crippen molar-refractivity contribution in [3.8, 4) is 0 Å². The molecule has 1 atom stereocenters. The highest BCUT2D eigenvalue weighted by molar-refractivity contribution is 5.79. The molecule has 108 valence electrons. The molecule has 1 unspecified atom stereocenters. The van der Waals surface area contributed by atoms with Crippen LogP contribution in [-0.4, -0.2) is 9.97 Å². The molecule has 3 rings (SSSR count). The minimum Gasteiger partial charge on any atom is -0.346 e. The molecule has 0 fully saturated rings. The van der Waals surface area contributed by atoms with Gasteiger partial charge in [0.05, 0.1) is 0 Å². The Kier molecular flexibility index (Phi) is 3.66. The van der Waals surface area contributed by atoms with Crippen LogP contribution >= 0.6 is 0 Å². The molecule has 1 aromatic carbocycles. The second-order valence-electron chi connectivity index (χ2n) is 4.95. The van der Waals surface area contributed by atoms with Crippen molar-refractivity contribution in [1.29, 1.82) is 0 Å². The molecule has 0 aliphatic carbocycles. The van der Waals surface area contributed by atoms with Crippen LogP contribution < -0.4 is 5.32 Å². The van der Waals surface area contributed by atoms with Gasteiger partial charge in [-0.3, -0.25) is 0 Å². The number of halogens is 2. The van der Waals surface area contributed by atoms with Crippen LogP contribution in [0.25, 0.3) is 11.0 Å². The zero-order valence-corrected chi connectivity index (χ0v) is 11.5. The summed E-state index contributed by atoms with van der Waals surface area (Å²) >= 11 is 0. The fourth-order valence-electron chi connectivity index (χ4n) is 2.45. The molecule has 0 spiro atoms. The number of pyridine rings is 1. The topological polar surface area (TPSA) is 40.7 Å². The first-order chi connectivity index (χ1) is 10.2. The van der Waals surface area contributed by atoms with Crippen LogP contribution in [0.1, 0.15) is 24.1 Å². The lowest BCUT2D eigenvalue weighted by Gasteiger charge is -2.15. The summed E-state index contributed by atoms with van der Waals surface area (Å²) in [7, 11) is 0. The third kappa shape index (κ3) is 2.64. The first-order valence-corrected chi connectivity index (χ1v) is 6.75. The van der Waals surface area contributed by atoms with Gasteiger partial charge in [0, 0.05) is 35.9 Å². The summed E-state index contributed by atoms with van der Waals surface area (Å²) in [5.74, 6) is -1.06. The Morgan fingerprint density at radius 3 is 2.71 bits per heavy atom. The second-order valence-corrected chi connectivity index (χ2v) is 4.95. The number of hydrogen-bond donors (Lipinski definition) is 2. The Hall–Kier alpha value is -2.27. The number of H-pyrrole nitrogens is 1. The molecular weight excluding hydrogens is 272 g/mol. The lowest BCUT2D eigenvalue weighted by molar-refractivity contribution is 0.488. The van der Waals surface area contributed by atoms with Crippen molar-refractivity contribution in [1.82, 2.24) is 15.3 Å². The average molecular weight is 287 g/mol. The van der Waals surface area contributed by atoms with Gasteiger partial charge < -0.3 is 10.3 Å². The normalized spacial score (nSPS) is 12.7. The van der Waals surface area contributed by atoms with E-state index in [1.54, 1.807) is 13.1 Å². The smallest absolute Gasteiger partial charge is 0.137 e. The molecule has 2 N–H and O–H groups in total. The van der Waals surface area contributed by atoms with E-state index in [-0.39, 0.29) is 5.56 Å². The molecule has 0 amide bonds. The Morgan fingerprint density at radius 2 is 1.95 bits per heavy atom. The average Bonchev–Trinajstić information content (AvgIpc) is 2.88. The molecule has 0 radical (unpaired) electrons. The number of aromatic amines is 1. The van der Waals surface area contributed by atoms with Crippen LogP contribution in [0.15, 0.2) is 42.7 Å². The molecule has 3 nitrogen and oxygen atoms in total. The van der Waals surface area contributed by atoms with E-state index in [4.69, 9.17) is 0 Å². The van der Waals surface area contributed by atoms with Gasteiger partial charge in [-0.1, -0.05) is 6.07 Å². The van der Waals surface area contributed by atoms with Crippen LogP contribution in [-0.2, 0) is 6.54 Å². The van der Waals surface area contributed by atoms with E-state index in [0.29, 0.717) is 6.54 Å². The number of rotatable bonds is 4. The first-order valence-electron chi connectivity index (χ1n) is 6.75. The molecule has 0 saturated heterocycles. The van der Waals surface area contributed by atoms with Crippen molar-refractivity contribution in [2.24, 2.45) is 0 Å². The molecular formula is C16H15F2N3. The summed E-state index contributed by atoms with van der Waals surface area (Å²) in [5.41, 5.74) is 1.89. The number of nitrogens with one attached hydrogen (secondary N) is 2. The third-order valence-corrected chi connectivity index (χ3v) is 3.57. The van der Waals surface area contributed by atoms with Crippen molar-refractivity contribution in [3.63, 3.8) is 0 Å². The number of benzene rings is 1. The van der Waals surface area contributed by atoms with Gasteiger partial charge in [-0.15, -0.1) is 0 Å². The lowest BCUT2D eigenvalue weighted by atomic mass is 10.1. The predicted octanol–water partition coefficient (Wildman–Crippen LogP) is 3.69. The maximum atomic E-state index is 13.7. The highest BCUT2D eigenvalue weighted by Gasteiger charge is 2.16. The predicted molar refractivity (Wildman–Crippen MR) is 77.7 cm³/mol. The van der Waals surface area contributed by atoms with Crippen LogP contribution in [0.4, 0.5) is 8.78 Å². The minimum absolute atomic E-state index is 0.0652. The maximum Gasteiger partial charge on any atom is 0.137 e. The fourth-order valence-corrected chi connectivity index (χ4v) is 2.45. The molecule has 2 aromatic heterocycles. The largest absolute Gasteiger partial charge is 0.346 e. The van der Waals surface area contributed by atoms with Crippen molar-refractivity contribution in [3.05, 3.63) is 65.5 Å². The zero-order chi connectivity index (χ0) is 14.8. The van der Waals surface area contributed by atoms with E-state index in [9.17, 15) is 8.78 Å². The number of aromatic nitrogens is 2. The quantitative estimate of drug-likeness (QED) is 0.768. The van der Waals surface area contributed by atoms with E-state index in [2.05, 4.69) is 15.3 Å². The number of fused-ring (bicyclic) bond motifs is 1. The molecule has 2 heterocycles. The zero-order valence-electron chi connectivity index (χ0n) is 11.5. The van der Waals surface area contributed by atoms with Crippen molar-refractivity contribution in [2.45, 2.75) is 19.5 Å². The minimum atomic E-state index is -0.532. The molecule has 0 bridgehead atoms. The highest BCUT2D eigenvalue weighted by Crippen LogP contribution is 2.22. The van der Waals surface area contributed by atoms with Crippen molar-refractivity contribution >= 4 is 11.0 Å². The van der Waals surface area contributed by atoms with Gasteiger partial charge in [0.2, 0.25) is 0 Å². The lowest BCUT2D eigenvalue weighted by Crippen LogP contribution is -2.20. The summed E-state index contributed by atoms with van der Waals surface area (Å²) in [6, 6.07) is 7.31. The van der Waals surface area contributed by atoms with Gasteiger partial charge >= 0.3 is 0 Å². The van der Waals surface area contributed by atoms with Crippen LogP contribution in [0.3, 0.4) is 0 Å². The SMILES string of the molecule is CC(NCc1c[nH]c2ncccc12)c1c(F)cccc1F. The Labute approximate surface area is 121 Å². The van der Waals surface area contributed by atoms with Crippen molar-refractivity contribution in [2.75, 3.05) is 0 Å². The second kappa shape index (κ2) is 5.61. The third-order valence-electron chi connectivity index (χ3n) is 3.57. The molecule has 3 aromatic rings. The molecule has 0 aliphatic heterocycles. The molecule has 0 saturated carbocycles. The Balaban J connectivity index is 1.78. The van der Waals surface area contributed by atoms with Gasteiger partial charge in [0.25, 0.3) is 0 Å². The van der Waals surface area contributed by atoms with Gasteiger partial charge in [-0.2, -0.15) is 0 Å². The van der Waals surface area contributed by atoms with Gasteiger partial charge in [-0.05, 0) is 36.8 Å². The molecule has 5 heteroatoms. The van der Waals surface area contributed by atoms with E-state index in [1.165, 1.54) is 18.2 Å². The monoisotopic (exact) mass is 287 g/mol. The summed E-state index contributed by atoms with van der Waals surface area (Å²) in [4.78, 5) is 7.29. The molecule has 0 aliphatic rings. The van der Waals surface area contributed by atoms with E-state index in [0.717, 1.165) is 16.6 Å². The van der Waals surface area contributed by atoms with Crippen LogP contribution in [0.5, 0.6) is 0 Å². The fraction of sp³-hybridized carbons (Fsp3) is 0.188. The van der Waals surface area contributed by atoms with E-state index >= 15 is 0 Å². The summed E-state index contributed by atoms with van der Waals surface area (Å²) < 4.78 is 27.4. The van der Waals surface area contributed by atoms with E-state index in [1.807, 2.05) is 18.3 Å². The summed E-state index contributed by atoms with van der Waals surface area (Å²) in [5, 5.41) is 4.15. The van der Waals surface area contributed by atoms with Crippen LogP contribution in [0.2, 0.25) is 0 Å². The number of hydrogen-bond acceptors (Lipinski definition) is 2. The maximum absolute atomic E-state index is 13.7. The van der Waals surface area contributed by atoms with Gasteiger partial charge in [-0.25, -0.2) is 13.8 Å². The molecule has 21 heavy (non-hydrogen) atoms. The standard InChI is InChI=1S/C16H15F2N3/c1-10(15-13(17)5-2-6-14(15)18)20-8-11-9-21-16-12(11)4-3-7-19-16/h2-7,9-10,20H,8H2,1H3,(H,19,21). The highest BCUT2D eigenvalue weighted by atomic mass is 19.1. The van der Waals surface area contributed by atoms with Gasteiger partial charge in [0.1, 0.15) is 17.3 Å².